The maximum atomic E-state index is 12.7. The Morgan fingerprint density at radius 1 is 0.324 bits per heavy atom. The molecule has 0 aliphatic carbocycles. The van der Waals surface area contributed by atoms with Gasteiger partial charge >= 0.3 is 23.9 Å². The molecule has 0 bridgehead atoms. The number of imide groups is 1. The first kappa shape index (κ1) is 121. The fourth-order valence-corrected chi connectivity index (χ4v) is 13.6. The van der Waals surface area contributed by atoms with Gasteiger partial charge in [-0.25, -0.2) is 14.8 Å². The summed E-state index contributed by atoms with van der Waals surface area (Å²) in [6.45, 7) is 58.4. The van der Waals surface area contributed by atoms with Gasteiger partial charge in [0.05, 0.1) is 49.2 Å². The molecule has 5 heterocycles. The van der Waals surface area contributed by atoms with Crippen molar-refractivity contribution in [2.45, 2.75) is 298 Å². The Morgan fingerprint density at radius 3 is 0.883 bits per heavy atom. The molecule has 0 saturated carbocycles. The number of carboxylic acid groups (broad SMARTS) is 3. The van der Waals surface area contributed by atoms with Crippen molar-refractivity contribution in [1.29, 1.82) is 0 Å². The van der Waals surface area contributed by atoms with Crippen LogP contribution in [-0.2, 0) is 25.2 Å². The number of hydrogen-bond acceptors (Lipinski definition) is 12. The fourth-order valence-electron chi connectivity index (χ4n) is 13.6. The smallest absolute Gasteiger partial charge is 0.319 e. The van der Waals surface area contributed by atoms with Gasteiger partial charge in [-0.15, -0.1) is 0 Å². The molecule has 0 radical (unpaired) electrons. The van der Waals surface area contributed by atoms with Crippen LogP contribution in [0.3, 0.4) is 0 Å². The van der Waals surface area contributed by atoms with Crippen LogP contribution in [0.25, 0.3) is 33.1 Å². The zero-order chi connectivity index (χ0) is 108. The first-order valence-electron chi connectivity index (χ1n) is 51.0. The van der Waals surface area contributed by atoms with Gasteiger partial charge in [0, 0.05) is 47.1 Å². The van der Waals surface area contributed by atoms with E-state index in [2.05, 4.69) is 270 Å². The van der Waals surface area contributed by atoms with Crippen molar-refractivity contribution >= 4 is 97.7 Å². The number of hydrogen-bond donors (Lipinski definition) is 8. The third-order valence-electron chi connectivity index (χ3n) is 26.9. The second-order valence-electron chi connectivity index (χ2n) is 40.9. The molecule has 0 spiro atoms. The molecule has 1 aliphatic rings. The van der Waals surface area contributed by atoms with Crippen LogP contribution in [0.4, 0.5) is 21.9 Å². The average Bonchev–Trinajstić information content (AvgIpc) is 1.48. The van der Waals surface area contributed by atoms with Gasteiger partial charge in [0.25, 0.3) is 34.7 Å². The van der Waals surface area contributed by atoms with Gasteiger partial charge < -0.3 is 36.6 Å². The number of anilines is 3. The maximum absolute atomic E-state index is 12.7. The SMILES string of the molecule is CCC(C)(C)C(=O)O.CCC(C)(C)C(=O)O.CCC(C)(C)C(=O)O.CCC(C)c1ccc(C(=O)Nc2ccc3c(c2)C(=O)NC3=O)cc1.CCC(C)c1ccc(C(=O)Nc2ccc3nc4ccccn4c(=O)c3c2)cc1.CCC(C)c1ccc(C(C)(C)C)cc1.CCC(C)c1ccc(C(C)(C)C)cc1.CCC(C)c1ccccc1.CCC(C)c1ccccc1.CCNC(=O)Nc1ccc2nc3ccccn3c(=O)c2c1. The fraction of sp³-hybridized carbons (Fsp3) is 0.398. The molecule has 14 rings (SSSR count). The summed E-state index contributed by atoms with van der Waals surface area (Å²) in [4.78, 5) is 125. The Bertz CT molecular complexity index is 6290. The van der Waals surface area contributed by atoms with E-state index in [1.165, 1.54) is 91.1 Å². The lowest BCUT2D eigenvalue weighted by atomic mass is 9.85. The van der Waals surface area contributed by atoms with Crippen LogP contribution in [0.1, 0.15) is 373 Å². The van der Waals surface area contributed by atoms with Crippen LogP contribution >= 0.6 is 0 Å². The molecule has 9 aromatic carbocycles. The van der Waals surface area contributed by atoms with Crippen LogP contribution in [-0.4, -0.2) is 88.2 Å². The van der Waals surface area contributed by atoms with E-state index in [1.807, 2.05) is 76.2 Å². The van der Waals surface area contributed by atoms with Crippen molar-refractivity contribution in [2.75, 3.05) is 22.5 Å². The molecule has 1 aliphatic heterocycles. The number of amides is 6. The number of urea groups is 1. The van der Waals surface area contributed by atoms with Crippen LogP contribution in [0.2, 0.25) is 0 Å². The Labute approximate surface area is 861 Å². The van der Waals surface area contributed by atoms with Crippen molar-refractivity contribution in [2.24, 2.45) is 16.2 Å². The predicted molar refractivity (Wildman–Crippen MR) is 598 cm³/mol. The average molecular weight is 1970 g/mol. The summed E-state index contributed by atoms with van der Waals surface area (Å²) < 4.78 is 2.99. The quantitative estimate of drug-likeness (QED) is 0.0206. The van der Waals surface area contributed by atoms with E-state index in [-0.39, 0.29) is 45.4 Å². The number of aliphatic carboxylic acids is 3. The maximum Gasteiger partial charge on any atom is 0.319 e. The van der Waals surface area contributed by atoms with Gasteiger partial charge in [0.15, 0.2) is 0 Å². The van der Waals surface area contributed by atoms with Crippen LogP contribution < -0.4 is 37.7 Å². The molecule has 145 heavy (non-hydrogen) atoms. The van der Waals surface area contributed by atoms with Gasteiger partial charge in [-0.05, 0) is 300 Å². The number of carboxylic acids is 3. The highest BCUT2D eigenvalue weighted by molar-refractivity contribution is 6.22. The number of carbonyl (C=O) groups is 8. The highest BCUT2D eigenvalue weighted by Crippen LogP contribution is 2.31. The molecule has 13 aromatic rings. The minimum absolute atomic E-state index is 0.157. The standard InChI is InChI=1S/C23H21N3O2.C19H18N2O3.C15H14N4O2.2C14H22.2C10H14.3C6H12O2/c1-3-15(2)16-7-9-17(10-8-16)22(27)24-18-11-12-20-19(14-18)23(28)26-13-5-4-6-21(26)25-20;1-3-11(2)12-4-6-13(7-5-12)17(22)20-14-8-9-15-16(10-14)19(24)21-18(15)23;1-2-16-15(21)17-10-6-7-12-11(9-10)14(20)19-8-4-3-5-13(19)18-12;2*1-6-11(2)12-7-9-13(10-8-12)14(3,4)5;2*1-3-9(2)10-7-5-4-6-8-10;3*1-4-6(2,3)5(7)8/h4-15H,3H2,1-2H3,(H,24,27);4-11H,3H2,1-2H3,(H,20,22)(H,21,23,24);3-9H,2H2,1H3,(H2,16,17,21);2*7-11H,6H2,1-5H3;2*4-9H,3H2,1-2H3;3*4H2,1-3H3,(H,7,8). The second kappa shape index (κ2) is 58.1. The van der Waals surface area contributed by atoms with E-state index in [0.717, 1.165) is 12.8 Å². The highest BCUT2D eigenvalue weighted by atomic mass is 16.4. The first-order chi connectivity index (χ1) is 68.3. The highest BCUT2D eigenvalue weighted by Gasteiger charge is 2.29. The summed E-state index contributed by atoms with van der Waals surface area (Å²) in [7, 11) is 0. The molecule has 0 saturated heterocycles. The Balaban J connectivity index is 0.000000293. The number of benzene rings is 9. The molecule has 776 valence electrons. The largest absolute Gasteiger partial charge is 0.481 e. The molecule has 22 nitrogen and oxygen atoms in total. The van der Waals surface area contributed by atoms with Crippen LogP contribution in [0.15, 0.2) is 271 Å². The van der Waals surface area contributed by atoms with E-state index < -0.39 is 46.0 Å². The lowest BCUT2D eigenvalue weighted by Gasteiger charge is -2.20. The minimum Gasteiger partial charge on any atom is -0.481 e. The molecular formula is C123H161N9O13. The summed E-state index contributed by atoms with van der Waals surface area (Å²) in [5, 5.41) is 39.4. The molecule has 6 unspecified atom stereocenters. The molecule has 4 aromatic heterocycles. The first-order valence-corrected chi connectivity index (χ1v) is 51.0. The summed E-state index contributed by atoms with van der Waals surface area (Å²) >= 11 is 0. The molecule has 22 heteroatoms. The molecule has 8 N–H and O–H groups in total. The van der Waals surface area contributed by atoms with E-state index in [4.69, 9.17) is 15.3 Å². The molecule has 0 fully saturated rings. The zero-order valence-corrected chi connectivity index (χ0v) is 91.1. The lowest BCUT2D eigenvalue weighted by molar-refractivity contribution is -0.147. The van der Waals surface area contributed by atoms with Crippen molar-refractivity contribution in [3.8, 4) is 0 Å². The number of fused-ring (bicyclic) bond motifs is 5. The van der Waals surface area contributed by atoms with E-state index >= 15 is 0 Å². The van der Waals surface area contributed by atoms with Gasteiger partial charge in [-0.3, -0.25) is 57.3 Å². The zero-order valence-electron chi connectivity index (χ0n) is 91.1. The summed E-state index contributed by atoms with van der Waals surface area (Å²) in [5.41, 5.74) is 15.4. The van der Waals surface area contributed by atoms with Gasteiger partial charge in [-0.2, -0.15) is 0 Å². The Hall–Kier alpha value is -14.0. The third kappa shape index (κ3) is 37.9. The van der Waals surface area contributed by atoms with E-state index in [1.54, 1.807) is 133 Å². The second-order valence-corrected chi connectivity index (χ2v) is 40.9. The van der Waals surface area contributed by atoms with Crippen molar-refractivity contribution < 1.29 is 53.7 Å². The third-order valence-corrected chi connectivity index (χ3v) is 26.9. The number of nitrogens with zero attached hydrogens (tertiary/aromatic N) is 4. The summed E-state index contributed by atoms with van der Waals surface area (Å²) in [6.07, 6.45) is 12.4. The number of pyridine rings is 2. The van der Waals surface area contributed by atoms with E-state index in [0.29, 0.717) is 128 Å². The van der Waals surface area contributed by atoms with Gasteiger partial charge in [-0.1, -0.05) is 291 Å². The number of aromatic nitrogens is 4. The van der Waals surface area contributed by atoms with E-state index in [9.17, 15) is 47.9 Å². The predicted octanol–water partition coefficient (Wildman–Crippen LogP) is 29.9. The molecule has 6 amide bonds. The summed E-state index contributed by atoms with van der Waals surface area (Å²) in [5.74, 6) is 0.231. The van der Waals surface area contributed by atoms with Crippen molar-refractivity contribution in [3.05, 3.63) is 349 Å². The Morgan fingerprint density at radius 2 is 0.600 bits per heavy atom. The topological polar surface area (TPSA) is 326 Å². The normalized spacial score (nSPS) is 12.6. The van der Waals surface area contributed by atoms with Crippen molar-refractivity contribution in [3.63, 3.8) is 0 Å². The summed E-state index contributed by atoms with van der Waals surface area (Å²) in [6, 6.07) is 80.0. The molecule has 6 atom stereocenters. The number of carbonyl (C=O) groups excluding carboxylic acids is 5. The van der Waals surface area contributed by atoms with Crippen molar-refractivity contribution in [1.82, 2.24) is 29.4 Å². The number of nitrogens with one attached hydrogen (secondary N) is 5. The Kier molecular flexibility index (Phi) is 48.6. The van der Waals surface area contributed by atoms with Gasteiger partial charge in [0.1, 0.15) is 11.3 Å². The minimum atomic E-state index is -0.722. The monoisotopic (exact) mass is 1970 g/mol. The molecular weight excluding hydrogens is 1810 g/mol. The number of rotatable bonds is 24. The lowest BCUT2D eigenvalue weighted by Crippen LogP contribution is -2.28. The van der Waals surface area contributed by atoms with Crippen LogP contribution in [0.5, 0.6) is 0 Å². The van der Waals surface area contributed by atoms with Crippen LogP contribution in [0, 0.1) is 16.2 Å². The van der Waals surface area contributed by atoms with Gasteiger partial charge in [0.2, 0.25) is 0 Å².